The van der Waals surface area contributed by atoms with Crippen LogP contribution in [0.2, 0.25) is 5.02 Å². The van der Waals surface area contributed by atoms with Crippen LogP contribution in [0.3, 0.4) is 0 Å². The lowest BCUT2D eigenvalue weighted by Crippen LogP contribution is -2.15. The fourth-order valence-corrected chi connectivity index (χ4v) is 2.05. The smallest absolute Gasteiger partial charge is 0.354 e. The maximum atomic E-state index is 11.7. The van der Waals surface area contributed by atoms with Crippen molar-refractivity contribution in [2.24, 2.45) is 0 Å². The number of methoxy groups -OCH3 is 2. The highest BCUT2D eigenvalue weighted by atomic mass is 35.5. The minimum Gasteiger partial charge on any atom is -0.466 e. The first-order valence-electron chi connectivity index (χ1n) is 6.93. The molecule has 24 heavy (non-hydrogen) atoms. The van der Waals surface area contributed by atoms with Crippen LogP contribution in [-0.2, 0) is 25.6 Å². The summed E-state index contributed by atoms with van der Waals surface area (Å²) in [5.74, 6) is -1.33. The molecule has 0 amide bonds. The molecule has 0 fully saturated rings. The quantitative estimate of drug-likeness (QED) is 0.636. The largest absolute Gasteiger partial charge is 0.466 e. The van der Waals surface area contributed by atoms with E-state index in [2.05, 4.69) is 19.9 Å². The Morgan fingerprint density at radius 2 is 1.96 bits per heavy atom. The summed E-state index contributed by atoms with van der Waals surface area (Å²) < 4.78 is 10.9. The number of hydrogen-bond donors (Lipinski definition) is 1. The molecule has 0 spiro atoms. The molecular formula is C16H16ClN3O4. The second-order valence-corrected chi connectivity index (χ2v) is 5.19. The lowest BCUT2D eigenvalue weighted by Gasteiger charge is -2.10. The Hall–Kier alpha value is -2.80. The third-order valence-electron chi connectivity index (χ3n) is 3.05. The van der Waals surface area contributed by atoms with Gasteiger partial charge in [0, 0.05) is 11.9 Å². The van der Waals surface area contributed by atoms with Gasteiger partial charge in [-0.15, -0.1) is 0 Å². The lowest BCUT2D eigenvalue weighted by atomic mass is 10.2. The summed E-state index contributed by atoms with van der Waals surface area (Å²) in [7, 11) is 2.46. The van der Waals surface area contributed by atoms with Crippen molar-refractivity contribution in [3.63, 3.8) is 0 Å². The second-order valence-electron chi connectivity index (χ2n) is 4.75. The number of carbonyl (C=O) groups is 2. The van der Waals surface area contributed by atoms with E-state index in [1.807, 2.05) is 12.1 Å². The average molecular weight is 350 g/mol. The van der Waals surface area contributed by atoms with Crippen LogP contribution < -0.4 is 5.32 Å². The minimum atomic E-state index is -0.671. The number of aromatic nitrogens is 2. The van der Waals surface area contributed by atoms with Gasteiger partial charge in [-0.1, -0.05) is 23.7 Å². The molecule has 2 aromatic rings. The van der Waals surface area contributed by atoms with Gasteiger partial charge in [-0.25, -0.2) is 9.59 Å². The summed E-state index contributed by atoms with van der Waals surface area (Å²) in [5, 5.41) is 7.51. The molecule has 7 nitrogen and oxygen atoms in total. The van der Waals surface area contributed by atoms with Crippen molar-refractivity contribution in [1.29, 1.82) is 0 Å². The van der Waals surface area contributed by atoms with Gasteiger partial charge >= 0.3 is 11.9 Å². The highest BCUT2D eigenvalue weighted by Gasteiger charge is 2.12. The van der Waals surface area contributed by atoms with Crippen molar-refractivity contribution in [1.82, 2.24) is 9.78 Å². The van der Waals surface area contributed by atoms with Crippen LogP contribution in [0, 0.1) is 0 Å². The van der Waals surface area contributed by atoms with Crippen molar-refractivity contribution in [3.05, 3.63) is 59.0 Å². The van der Waals surface area contributed by atoms with Gasteiger partial charge in [-0.05, 0) is 17.7 Å². The van der Waals surface area contributed by atoms with E-state index >= 15 is 0 Å². The van der Waals surface area contributed by atoms with Crippen LogP contribution >= 0.6 is 11.6 Å². The number of halogens is 1. The third kappa shape index (κ3) is 4.85. The molecule has 0 bridgehead atoms. The molecule has 0 aliphatic rings. The number of esters is 2. The highest BCUT2D eigenvalue weighted by molar-refractivity contribution is 6.30. The lowest BCUT2D eigenvalue weighted by molar-refractivity contribution is -0.138. The van der Waals surface area contributed by atoms with Crippen LogP contribution in [-0.4, -0.2) is 35.9 Å². The second kappa shape index (κ2) is 8.16. The fraction of sp³-hybridized carbons (Fsp3) is 0.188. The standard InChI is InChI=1S/C16H16ClN3O4/c1-23-15(21)7-14(16(22)24-2)19-13-5-3-11(4-6-13)9-20-10-12(17)8-18-20/h3-8,10,19H,9H2,1-2H3/b14-7+. The molecule has 0 radical (unpaired) electrons. The maximum absolute atomic E-state index is 11.7. The molecule has 0 atom stereocenters. The zero-order chi connectivity index (χ0) is 17.5. The predicted molar refractivity (Wildman–Crippen MR) is 88.5 cm³/mol. The van der Waals surface area contributed by atoms with Crippen molar-refractivity contribution in [3.8, 4) is 0 Å². The number of nitrogens with zero attached hydrogens (tertiary/aromatic N) is 2. The highest BCUT2D eigenvalue weighted by Crippen LogP contribution is 2.14. The Morgan fingerprint density at radius 1 is 1.25 bits per heavy atom. The Balaban J connectivity index is 2.09. The molecule has 126 valence electrons. The van der Waals surface area contributed by atoms with Crippen LogP contribution in [0.25, 0.3) is 0 Å². The van der Waals surface area contributed by atoms with Crippen LogP contribution in [0.1, 0.15) is 5.56 Å². The fourth-order valence-electron chi connectivity index (χ4n) is 1.89. The summed E-state index contributed by atoms with van der Waals surface area (Å²) in [6.45, 7) is 0.564. The molecule has 0 unspecified atom stereocenters. The van der Waals surface area contributed by atoms with E-state index in [4.69, 9.17) is 11.6 Å². The monoisotopic (exact) mass is 349 g/mol. The van der Waals surface area contributed by atoms with Gasteiger partial charge in [0.25, 0.3) is 0 Å². The molecule has 2 rings (SSSR count). The topological polar surface area (TPSA) is 82.5 Å². The van der Waals surface area contributed by atoms with Gasteiger partial charge in [0.1, 0.15) is 5.70 Å². The van der Waals surface area contributed by atoms with Crippen molar-refractivity contribution in [2.45, 2.75) is 6.54 Å². The predicted octanol–water partition coefficient (Wildman–Crippen LogP) is 2.23. The van der Waals surface area contributed by atoms with E-state index in [-0.39, 0.29) is 5.70 Å². The zero-order valence-electron chi connectivity index (χ0n) is 13.2. The molecule has 1 aromatic heterocycles. The first-order chi connectivity index (χ1) is 11.5. The number of rotatable bonds is 6. The number of carbonyl (C=O) groups excluding carboxylic acids is 2. The van der Waals surface area contributed by atoms with Gasteiger partial charge in [0.15, 0.2) is 0 Å². The van der Waals surface area contributed by atoms with Gasteiger partial charge < -0.3 is 14.8 Å². The minimum absolute atomic E-state index is 0.0176. The van der Waals surface area contributed by atoms with Gasteiger partial charge in [-0.3, -0.25) is 4.68 Å². The van der Waals surface area contributed by atoms with Crippen molar-refractivity contribution in [2.75, 3.05) is 19.5 Å². The average Bonchev–Trinajstić information content (AvgIpc) is 2.99. The van der Waals surface area contributed by atoms with E-state index in [1.54, 1.807) is 29.2 Å². The molecule has 0 aliphatic carbocycles. The number of hydrogen-bond acceptors (Lipinski definition) is 6. The van der Waals surface area contributed by atoms with Crippen LogP contribution in [0.5, 0.6) is 0 Å². The molecular weight excluding hydrogens is 334 g/mol. The Kier molecular flexibility index (Phi) is 5.97. The first kappa shape index (κ1) is 17.6. The van der Waals surface area contributed by atoms with Crippen LogP contribution in [0.4, 0.5) is 5.69 Å². The van der Waals surface area contributed by atoms with E-state index in [0.717, 1.165) is 11.6 Å². The van der Waals surface area contributed by atoms with Crippen molar-refractivity contribution >= 4 is 29.2 Å². The van der Waals surface area contributed by atoms with Crippen molar-refractivity contribution < 1.29 is 19.1 Å². The van der Waals surface area contributed by atoms with E-state index in [1.165, 1.54) is 14.2 Å². The zero-order valence-corrected chi connectivity index (χ0v) is 13.9. The third-order valence-corrected chi connectivity index (χ3v) is 3.24. The molecule has 0 aliphatic heterocycles. The maximum Gasteiger partial charge on any atom is 0.354 e. The summed E-state index contributed by atoms with van der Waals surface area (Å²) >= 11 is 5.82. The molecule has 8 heteroatoms. The van der Waals surface area contributed by atoms with E-state index in [0.29, 0.717) is 17.3 Å². The Bertz CT molecular complexity index is 753. The van der Waals surface area contributed by atoms with E-state index in [9.17, 15) is 9.59 Å². The summed E-state index contributed by atoms with van der Waals surface area (Å²) in [5.41, 5.74) is 1.60. The number of nitrogens with one attached hydrogen (secondary N) is 1. The normalized spacial score (nSPS) is 11.0. The van der Waals surface area contributed by atoms with E-state index < -0.39 is 11.9 Å². The molecule has 0 saturated heterocycles. The van der Waals surface area contributed by atoms with Gasteiger partial charge in [0.05, 0.1) is 38.1 Å². The molecule has 0 saturated carbocycles. The molecule has 1 heterocycles. The summed E-state index contributed by atoms with van der Waals surface area (Å²) in [6.07, 6.45) is 4.32. The van der Waals surface area contributed by atoms with Gasteiger partial charge in [-0.2, -0.15) is 5.10 Å². The summed E-state index contributed by atoms with van der Waals surface area (Å²) in [4.78, 5) is 23.0. The van der Waals surface area contributed by atoms with Gasteiger partial charge in [0.2, 0.25) is 0 Å². The SMILES string of the molecule is COC(=O)/C=C(/Nc1ccc(Cn2cc(Cl)cn2)cc1)C(=O)OC. The van der Waals surface area contributed by atoms with Crippen LogP contribution in [0.15, 0.2) is 48.4 Å². The molecule has 1 aromatic carbocycles. The Morgan fingerprint density at radius 3 is 2.50 bits per heavy atom. The number of anilines is 1. The molecule has 1 N–H and O–H groups in total. The number of ether oxygens (including phenoxy) is 2. The summed E-state index contributed by atoms with van der Waals surface area (Å²) in [6, 6.07) is 7.28. The Labute approximate surface area is 143 Å². The number of benzene rings is 1. The first-order valence-corrected chi connectivity index (χ1v) is 7.31.